The van der Waals surface area contributed by atoms with Gasteiger partial charge in [0.1, 0.15) is 0 Å². The van der Waals surface area contributed by atoms with E-state index in [2.05, 4.69) is 27.5 Å². The zero-order valence-corrected chi connectivity index (χ0v) is 12.8. The molecule has 2 N–H and O–H groups in total. The number of fused-ring (bicyclic) bond motifs is 1. The molecule has 2 aromatic heterocycles. The molecular formula is C13H17N5OS. The molecule has 2 aromatic rings. The van der Waals surface area contributed by atoms with Crippen LogP contribution in [0.5, 0.6) is 0 Å². The van der Waals surface area contributed by atoms with Gasteiger partial charge >= 0.3 is 0 Å². The summed E-state index contributed by atoms with van der Waals surface area (Å²) in [5.41, 5.74) is 5.35. The third kappa shape index (κ3) is 1.93. The van der Waals surface area contributed by atoms with Crippen molar-refractivity contribution in [2.45, 2.75) is 26.0 Å². The van der Waals surface area contributed by atoms with Crippen LogP contribution in [-0.2, 0) is 11.8 Å². The Kier molecular flexibility index (Phi) is 3.08. The molecule has 0 saturated carbocycles. The molecule has 0 unspecified atom stereocenters. The summed E-state index contributed by atoms with van der Waals surface area (Å²) < 4.78 is 1.89. The van der Waals surface area contributed by atoms with Gasteiger partial charge in [-0.05, 0) is 20.8 Å². The van der Waals surface area contributed by atoms with Gasteiger partial charge in [0.05, 0.1) is 16.7 Å². The third-order valence-electron chi connectivity index (χ3n) is 3.72. The minimum atomic E-state index is -0.00977. The maximum absolute atomic E-state index is 11.8. The molecule has 3 heterocycles. The number of hydrogen-bond donors (Lipinski definition) is 2. The Morgan fingerprint density at radius 2 is 2.05 bits per heavy atom. The van der Waals surface area contributed by atoms with Crippen molar-refractivity contribution in [2.75, 3.05) is 11.1 Å². The zero-order chi connectivity index (χ0) is 14.4. The van der Waals surface area contributed by atoms with Crippen LogP contribution >= 0.6 is 11.8 Å². The van der Waals surface area contributed by atoms with E-state index in [1.165, 1.54) is 5.56 Å². The van der Waals surface area contributed by atoms with Gasteiger partial charge in [-0.15, -0.1) is 11.8 Å². The number of hydrogen-bond acceptors (Lipinski definition) is 4. The number of aromatic nitrogens is 4. The molecule has 0 aromatic carbocycles. The first-order chi connectivity index (χ1) is 9.49. The van der Waals surface area contributed by atoms with Gasteiger partial charge in [0.15, 0.2) is 5.82 Å². The molecule has 20 heavy (non-hydrogen) atoms. The molecule has 1 atom stereocenters. The fraction of sp³-hybridized carbons (Fsp3) is 0.462. The molecule has 3 rings (SSSR count). The summed E-state index contributed by atoms with van der Waals surface area (Å²) in [5, 5.41) is 14.6. The number of aryl methyl sites for hydroxylation is 3. The summed E-state index contributed by atoms with van der Waals surface area (Å²) in [6.45, 7) is 6.06. The summed E-state index contributed by atoms with van der Waals surface area (Å²) in [7, 11) is 1.94. The Bertz CT molecular complexity index is 687. The second-order valence-electron chi connectivity index (χ2n) is 5.06. The highest BCUT2D eigenvalue weighted by molar-refractivity contribution is 8.00. The van der Waals surface area contributed by atoms with Crippen LogP contribution in [0.4, 0.5) is 5.82 Å². The molecule has 0 spiro atoms. The van der Waals surface area contributed by atoms with Gasteiger partial charge < -0.3 is 5.32 Å². The smallest absolute Gasteiger partial charge is 0.235 e. The second kappa shape index (κ2) is 4.66. The zero-order valence-electron chi connectivity index (χ0n) is 11.9. The van der Waals surface area contributed by atoms with Gasteiger partial charge in [0, 0.05) is 29.6 Å². The molecular weight excluding hydrogens is 274 g/mol. The van der Waals surface area contributed by atoms with E-state index in [1.807, 2.05) is 25.6 Å². The van der Waals surface area contributed by atoms with Gasteiger partial charge in [0.2, 0.25) is 5.91 Å². The fourth-order valence-electron chi connectivity index (χ4n) is 2.66. The molecule has 0 aliphatic carbocycles. The number of nitrogens with one attached hydrogen (secondary N) is 2. The molecule has 0 radical (unpaired) electrons. The first-order valence-corrected chi connectivity index (χ1v) is 7.50. The number of aromatic amines is 1. The highest BCUT2D eigenvalue weighted by atomic mass is 32.2. The standard InChI is InChI=1S/C13H17N5OS/c1-6-11-12(10-7(2)17-18(4)8(10)3)20-5-9(19)14-13(11)16-15-6/h12H,5H2,1-4H3,(H2,14,15,16,19)/t12-/m1/s1. The molecule has 7 heteroatoms. The lowest BCUT2D eigenvalue weighted by Crippen LogP contribution is -2.12. The summed E-state index contributed by atoms with van der Waals surface area (Å²) >= 11 is 1.62. The maximum Gasteiger partial charge on any atom is 0.235 e. The van der Waals surface area contributed by atoms with Crippen LogP contribution in [0.15, 0.2) is 0 Å². The van der Waals surface area contributed by atoms with Crippen LogP contribution in [0, 0.1) is 20.8 Å². The Labute approximate surface area is 121 Å². The number of amides is 1. The highest BCUT2D eigenvalue weighted by Crippen LogP contribution is 2.44. The predicted octanol–water partition coefficient (Wildman–Crippen LogP) is 1.84. The molecule has 6 nitrogen and oxygen atoms in total. The minimum absolute atomic E-state index is 0.00977. The fourth-order valence-corrected chi connectivity index (χ4v) is 4.01. The van der Waals surface area contributed by atoms with Crippen molar-refractivity contribution in [3.63, 3.8) is 0 Å². The lowest BCUT2D eigenvalue weighted by molar-refractivity contribution is -0.113. The largest absolute Gasteiger partial charge is 0.308 e. The van der Waals surface area contributed by atoms with Crippen molar-refractivity contribution < 1.29 is 4.79 Å². The first-order valence-electron chi connectivity index (χ1n) is 6.45. The molecule has 106 valence electrons. The van der Waals surface area contributed by atoms with Crippen molar-refractivity contribution in [3.05, 3.63) is 28.2 Å². The van der Waals surface area contributed by atoms with Gasteiger partial charge in [-0.2, -0.15) is 10.2 Å². The summed E-state index contributed by atoms with van der Waals surface area (Å²) in [4.78, 5) is 11.8. The lowest BCUT2D eigenvalue weighted by atomic mass is 10.0. The molecule has 0 saturated heterocycles. The van der Waals surface area contributed by atoms with Crippen molar-refractivity contribution in [1.82, 2.24) is 20.0 Å². The van der Waals surface area contributed by atoms with E-state index in [0.717, 1.165) is 22.6 Å². The van der Waals surface area contributed by atoms with E-state index in [9.17, 15) is 4.79 Å². The van der Waals surface area contributed by atoms with Crippen LogP contribution in [0.2, 0.25) is 0 Å². The quantitative estimate of drug-likeness (QED) is 0.840. The number of thioether (sulfide) groups is 1. The number of carbonyl (C=O) groups is 1. The monoisotopic (exact) mass is 291 g/mol. The van der Waals surface area contributed by atoms with Crippen LogP contribution in [-0.4, -0.2) is 31.6 Å². The number of rotatable bonds is 1. The van der Waals surface area contributed by atoms with Gasteiger partial charge in [-0.3, -0.25) is 14.6 Å². The number of anilines is 1. The number of nitrogens with zero attached hydrogens (tertiary/aromatic N) is 3. The average Bonchev–Trinajstić information content (AvgIpc) is 2.78. The molecule has 1 amide bonds. The van der Waals surface area contributed by atoms with E-state index in [-0.39, 0.29) is 11.2 Å². The van der Waals surface area contributed by atoms with E-state index in [1.54, 1.807) is 11.8 Å². The van der Waals surface area contributed by atoms with Crippen LogP contribution in [0.3, 0.4) is 0 Å². The molecule has 0 fully saturated rings. The molecule has 1 aliphatic heterocycles. The second-order valence-corrected chi connectivity index (χ2v) is 6.15. The lowest BCUT2D eigenvalue weighted by Gasteiger charge is -2.15. The summed E-state index contributed by atoms with van der Waals surface area (Å²) in [6.07, 6.45) is 0. The topological polar surface area (TPSA) is 75.6 Å². The van der Waals surface area contributed by atoms with Gasteiger partial charge in [-0.1, -0.05) is 0 Å². The maximum atomic E-state index is 11.8. The number of H-pyrrole nitrogens is 1. The van der Waals surface area contributed by atoms with E-state index >= 15 is 0 Å². The van der Waals surface area contributed by atoms with Crippen molar-refractivity contribution in [2.24, 2.45) is 7.05 Å². The van der Waals surface area contributed by atoms with Crippen molar-refractivity contribution in [3.8, 4) is 0 Å². The van der Waals surface area contributed by atoms with E-state index in [4.69, 9.17) is 0 Å². The molecule has 1 aliphatic rings. The normalized spacial score (nSPS) is 18.6. The van der Waals surface area contributed by atoms with Gasteiger partial charge in [0.25, 0.3) is 0 Å². The Balaban J connectivity index is 2.18. The van der Waals surface area contributed by atoms with Crippen molar-refractivity contribution >= 4 is 23.5 Å². The van der Waals surface area contributed by atoms with Crippen LogP contribution in [0.25, 0.3) is 0 Å². The van der Waals surface area contributed by atoms with Crippen LogP contribution in [0.1, 0.15) is 33.5 Å². The number of carbonyl (C=O) groups excluding carboxylic acids is 1. The van der Waals surface area contributed by atoms with Gasteiger partial charge in [-0.25, -0.2) is 0 Å². The van der Waals surface area contributed by atoms with Crippen molar-refractivity contribution in [1.29, 1.82) is 0 Å². The average molecular weight is 291 g/mol. The van der Waals surface area contributed by atoms with E-state index in [0.29, 0.717) is 11.6 Å². The Morgan fingerprint density at radius 1 is 1.30 bits per heavy atom. The first kappa shape index (κ1) is 13.2. The molecule has 0 bridgehead atoms. The highest BCUT2D eigenvalue weighted by Gasteiger charge is 2.31. The summed E-state index contributed by atoms with van der Waals surface area (Å²) in [6, 6.07) is 0. The van der Waals surface area contributed by atoms with Crippen LogP contribution < -0.4 is 5.32 Å². The SMILES string of the molecule is Cc1nn(C)c(C)c1[C@H]1SCC(=O)Nc2n[nH]c(C)c21. The van der Waals surface area contributed by atoms with E-state index < -0.39 is 0 Å². The predicted molar refractivity (Wildman–Crippen MR) is 78.9 cm³/mol. The Hall–Kier alpha value is -1.76. The Morgan fingerprint density at radius 3 is 2.70 bits per heavy atom. The summed E-state index contributed by atoms with van der Waals surface area (Å²) in [5.74, 6) is 1.06. The third-order valence-corrected chi connectivity index (χ3v) is 4.96. The minimum Gasteiger partial charge on any atom is -0.308 e.